The summed E-state index contributed by atoms with van der Waals surface area (Å²) in [7, 11) is 0. The maximum absolute atomic E-state index is 13.6. The van der Waals surface area contributed by atoms with Crippen LogP contribution in [-0.4, -0.2) is 5.11 Å². The molecule has 1 N–H and O–H groups in total. The monoisotopic (exact) mass is 274 g/mol. The van der Waals surface area contributed by atoms with Gasteiger partial charge in [0.1, 0.15) is 5.82 Å². The van der Waals surface area contributed by atoms with Crippen molar-refractivity contribution in [2.75, 3.05) is 0 Å². The molecule has 0 aliphatic rings. The maximum Gasteiger partial charge on any atom is 0.143 e. The largest absolute Gasteiger partial charge is 0.388 e. The minimum Gasteiger partial charge on any atom is -0.388 e. The third kappa shape index (κ3) is 3.28. The Kier molecular flexibility index (Phi) is 4.74. The van der Waals surface area contributed by atoms with Crippen molar-refractivity contribution in [2.45, 2.75) is 32.8 Å². The molecule has 0 heterocycles. The minimum atomic E-state index is -0.711. The van der Waals surface area contributed by atoms with E-state index in [1.165, 1.54) is 0 Å². The van der Waals surface area contributed by atoms with Gasteiger partial charge in [-0.2, -0.15) is 0 Å². The Hall–Kier alpha value is -0.410. The zero-order valence-electron chi connectivity index (χ0n) is 9.00. The Morgan fingerprint density at radius 3 is 2.73 bits per heavy atom. The highest BCUT2D eigenvalue weighted by Gasteiger charge is 2.16. The van der Waals surface area contributed by atoms with Crippen molar-refractivity contribution in [2.24, 2.45) is 5.92 Å². The summed E-state index contributed by atoms with van der Waals surface area (Å²) in [6.45, 7) is 4.12. The SMILES string of the molecule is CCC(C)CC(O)c1cccc(Br)c1F. The summed E-state index contributed by atoms with van der Waals surface area (Å²) in [6, 6.07) is 5.00. The van der Waals surface area contributed by atoms with Crippen molar-refractivity contribution < 1.29 is 9.50 Å². The van der Waals surface area contributed by atoms with Crippen molar-refractivity contribution in [3.63, 3.8) is 0 Å². The van der Waals surface area contributed by atoms with Crippen LogP contribution in [0.25, 0.3) is 0 Å². The van der Waals surface area contributed by atoms with Gasteiger partial charge < -0.3 is 5.11 Å². The van der Waals surface area contributed by atoms with Crippen LogP contribution in [-0.2, 0) is 0 Å². The summed E-state index contributed by atoms with van der Waals surface area (Å²) in [5.74, 6) is 0.0479. The molecule has 15 heavy (non-hydrogen) atoms. The summed E-state index contributed by atoms with van der Waals surface area (Å²) < 4.78 is 14.0. The van der Waals surface area contributed by atoms with E-state index in [1.54, 1.807) is 18.2 Å². The van der Waals surface area contributed by atoms with Gasteiger partial charge in [0.2, 0.25) is 0 Å². The Balaban J connectivity index is 2.82. The summed E-state index contributed by atoms with van der Waals surface area (Å²) in [5.41, 5.74) is 0.379. The van der Waals surface area contributed by atoms with Gasteiger partial charge in [0, 0.05) is 5.56 Å². The van der Waals surface area contributed by atoms with E-state index in [9.17, 15) is 9.50 Å². The molecule has 0 fully saturated rings. The van der Waals surface area contributed by atoms with Gasteiger partial charge in [0.15, 0.2) is 0 Å². The fourth-order valence-electron chi connectivity index (χ4n) is 1.45. The fraction of sp³-hybridized carbons (Fsp3) is 0.500. The van der Waals surface area contributed by atoms with Gasteiger partial charge in [-0.1, -0.05) is 32.4 Å². The maximum atomic E-state index is 13.6. The van der Waals surface area contributed by atoms with E-state index >= 15 is 0 Å². The van der Waals surface area contributed by atoms with Crippen LogP contribution in [0.1, 0.15) is 38.4 Å². The second-order valence-corrected chi connectivity index (χ2v) is 4.76. The highest BCUT2D eigenvalue weighted by molar-refractivity contribution is 9.10. The summed E-state index contributed by atoms with van der Waals surface area (Å²) >= 11 is 3.11. The van der Waals surface area contributed by atoms with Crippen LogP contribution >= 0.6 is 15.9 Å². The third-order valence-electron chi connectivity index (χ3n) is 2.66. The Labute approximate surface area is 98.4 Å². The second-order valence-electron chi connectivity index (χ2n) is 3.91. The molecular formula is C12H16BrFO. The Morgan fingerprint density at radius 1 is 1.47 bits per heavy atom. The lowest BCUT2D eigenvalue weighted by Crippen LogP contribution is -2.06. The van der Waals surface area contributed by atoms with Crippen LogP contribution < -0.4 is 0 Å². The van der Waals surface area contributed by atoms with E-state index in [0.717, 1.165) is 6.42 Å². The van der Waals surface area contributed by atoms with E-state index in [0.29, 0.717) is 22.4 Å². The molecule has 0 aliphatic heterocycles. The number of benzene rings is 1. The van der Waals surface area contributed by atoms with E-state index < -0.39 is 6.10 Å². The average Bonchev–Trinajstić information content (AvgIpc) is 2.21. The topological polar surface area (TPSA) is 20.2 Å². The molecule has 1 nitrogen and oxygen atoms in total. The van der Waals surface area contributed by atoms with Gasteiger partial charge >= 0.3 is 0 Å². The molecule has 0 spiro atoms. The molecular weight excluding hydrogens is 259 g/mol. The molecule has 2 unspecified atom stereocenters. The van der Waals surface area contributed by atoms with Crippen molar-refractivity contribution in [1.29, 1.82) is 0 Å². The molecule has 1 aromatic carbocycles. The van der Waals surface area contributed by atoms with E-state index in [2.05, 4.69) is 29.8 Å². The summed E-state index contributed by atoms with van der Waals surface area (Å²) in [6.07, 6.45) is 0.883. The second kappa shape index (κ2) is 5.61. The Bertz CT molecular complexity index is 327. The van der Waals surface area contributed by atoms with Crippen molar-refractivity contribution in [3.8, 4) is 0 Å². The predicted octanol–water partition coefficient (Wildman–Crippen LogP) is 4.06. The first-order valence-electron chi connectivity index (χ1n) is 5.18. The highest BCUT2D eigenvalue weighted by Crippen LogP contribution is 2.28. The number of halogens is 2. The third-order valence-corrected chi connectivity index (χ3v) is 3.28. The lowest BCUT2D eigenvalue weighted by atomic mass is 9.96. The first kappa shape index (κ1) is 12.7. The zero-order chi connectivity index (χ0) is 11.4. The zero-order valence-corrected chi connectivity index (χ0v) is 10.6. The summed E-state index contributed by atoms with van der Waals surface area (Å²) in [4.78, 5) is 0. The van der Waals surface area contributed by atoms with Crippen molar-refractivity contribution >= 4 is 15.9 Å². The molecule has 0 amide bonds. The quantitative estimate of drug-likeness (QED) is 0.878. The van der Waals surface area contributed by atoms with Crippen LogP contribution in [0.3, 0.4) is 0 Å². The van der Waals surface area contributed by atoms with Crippen molar-refractivity contribution in [3.05, 3.63) is 34.1 Å². The molecule has 84 valence electrons. The molecule has 1 aromatic rings. The normalized spacial score (nSPS) is 15.0. The number of hydrogen-bond acceptors (Lipinski definition) is 1. The van der Waals surface area contributed by atoms with Gasteiger partial charge in [0.25, 0.3) is 0 Å². The van der Waals surface area contributed by atoms with Gasteiger partial charge in [-0.3, -0.25) is 0 Å². The molecule has 0 aromatic heterocycles. The van der Waals surface area contributed by atoms with Crippen LogP contribution in [0.2, 0.25) is 0 Å². The number of hydrogen-bond donors (Lipinski definition) is 1. The number of rotatable bonds is 4. The summed E-state index contributed by atoms with van der Waals surface area (Å²) in [5, 5.41) is 9.87. The van der Waals surface area contributed by atoms with Crippen molar-refractivity contribution in [1.82, 2.24) is 0 Å². The van der Waals surface area contributed by atoms with Gasteiger partial charge in [-0.05, 0) is 34.3 Å². The molecule has 3 heteroatoms. The van der Waals surface area contributed by atoms with Crippen LogP contribution in [0.4, 0.5) is 4.39 Å². The van der Waals surface area contributed by atoms with E-state index in [1.807, 2.05) is 0 Å². The molecule has 0 bridgehead atoms. The molecule has 2 atom stereocenters. The predicted molar refractivity (Wildman–Crippen MR) is 63.1 cm³/mol. The fourth-order valence-corrected chi connectivity index (χ4v) is 1.83. The Morgan fingerprint density at radius 2 is 2.13 bits per heavy atom. The van der Waals surface area contributed by atoms with Crippen LogP contribution in [0, 0.1) is 11.7 Å². The smallest absolute Gasteiger partial charge is 0.143 e. The molecule has 1 rings (SSSR count). The molecule has 0 saturated heterocycles. The lowest BCUT2D eigenvalue weighted by molar-refractivity contribution is 0.142. The first-order chi connectivity index (χ1) is 7.06. The minimum absolute atomic E-state index is 0.353. The molecule has 0 saturated carbocycles. The highest BCUT2D eigenvalue weighted by atomic mass is 79.9. The number of aliphatic hydroxyl groups excluding tert-OH is 1. The standard InChI is InChI=1S/C12H16BrFO/c1-3-8(2)7-11(15)9-5-4-6-10(13)12(9)14/h4-6,8,11,15H,3,7H2,1-2H3. The van der Waals surface area contributed by atoms with Gasteiger partial charge in [-0.25, -0.2) is 4.39 Å². The van der Waals surface area contributed by atoms with E-state index in [-0.39, 0.29) is 5.82 Å². The van der Waals surface area contributed by atoms with Gasteiger partial charge in [0.05, 0.1) is 10.6 Å². The lowest BCUT2D eigenvalue weighted by Gasteiger charge is -2.16. The van der Waals surface area contributed by atoms with Gasteiger partial charge in [-0.15, -0.1) is 0 Å². The molecule has 0 aliphatic carbocycles. The molecule has 0 radical (unpaired) electrons. The van der Waals surface area contributed by atoms with E-state index in [4.69, 9.17) is 0 Å². The van der Waals surface area contributed by atoms with Crippen LogP contribution in [0.5, 0.6) is 0 Å². The van der Waals surface area contributed by atoms with Crippen LogP contribution in [0.15, 0.2) is 22.7 Å². The first-order valence-corrected chi connectivity index (χ1v) is 5.97. The number of aliphatic hydroxyl groups is 1. The average molecular weight is 275 g/mol.